The Balaban J connectivity index is 3.40. The summed E-state index contributed by atoms with van der Waals surface area (Å²) in [7, 11) is 0. The second-order valence-electron chi connectivity index (χ2n) is 2.75. The number of halogens is 4. The number of hydrogen-bond donors (Lipinski definition) is 1. The molecule has 6 heteroatoms. The Morgan fingerprint density at radius 2 is 2.00 bits per heavy atom. The SMILES string of the molecule is O=C(CBr)c1cccc(O)c1C(F)(F)F. The van der Waals surface area contributed by atoms with E-state index in [-0.39, 0.29) is 5.33 Å². The van der Waals surface area contributed by atoms with E-state index < -0.39 is 28.8 Å². The standard InChI is InChI=1S/C9H6BrF3O2/c10-4-7(15)5-2-1-3-6(14)8(5)9(11,12)13/h1-3,14H,4H2. The Morgan fingerprint density at radius 1 is 1.40 bits per heavy atom. The number of phenolic OH excluding ortho intramolecular Hbond substituents is 1. The molecule has 0 fully saturated rings. The van der Waals surface area contributed by atoms with Crippen LogP contribution in [0.5, 0.6) is 5.75 Å². The van der Waals surface area contributed by atoms with Crippen molar-refractivity contribution in [2.45, 2.75) is 6.18 Å². The molecule has 0 spiro atoms. The van der Waals surface area contributed by atoms with E-state index in [1.807, 2.05) is 0 Å². The number of ketones is 1. The second kappa shape index (κ2) is 4.22. The first-order valence-corrected chi connectivity index (χ1v) is 4.98. The van der Waals surface area contributed by atoms with Crippen molar-refractivity contribution in [2.75, 3.05) is 5.33 Å². The predicted molar refractivity (Wildman–Crippen MR) is 51.2 cm³/mol. The van der Waals surface area contributed by atoms with E-state index in [9.17, 15) is 18.0 Å². The summed E-state index contributed by atoms with van der Waals surface area (Å²) in [6, 6.07) is 3.13. The number of carbonyl (C=O) groups excluding carboxylic acids is 1. The Morgan fingerprint density at radius 3 is 2.47 bits per heavy atom. The molecule has 1 rings (SSSR count). The molecule has 0 saturated heterocycles. The highest BCUT2D eigenvalue weighted by Gasteiger charge is 2.37. The van der Waals surface area contributed by atoms with Crippen LogP contribution in [0.25, 0.3) is 0 Å². The molecular weight excluding hydrogens is 277 g/mol. The van der Waals surface area contributed by atoms with Gasteiger partial charge in [-0.1, -0.05) is 28.1 Å². The molecule has 1 aromatic carbocycles. The van der Waals surface area contributed by atoms with Crippen LogP contribution in [0.1, 0.15) is 15.9 Å². The molecule has 0 aliphatic carbocycles. The minimum atomic E-state index is -4.74. The zero-order valence-corrected chi connectivity index (χ0v) is 8.89. The molecule has 0 bridgehead atoms. The summed E-state index contributed by atoms with van der Waals surface area (Å²) >= 11 is 2.78. The van der Waals surface area contributed by atoms with Crippen LogP contribution in [-0.2, 0) is 6.18 Å². The number of aromatic hydroxyl groups is 1. The number of rotatable bonds is 2. The van der Waals surface area contributed by atoms with Crippen molar-refractivity contribution in [3.8, 4) is 5.75 Å². The van der Waals surface area contributed by atoms with Crippen LogP contribution in [0.15, 0.2) is 18.2 Å². The molecule has 2 nitrogen and oxygen atoms in total. The van der Waals surface area contributed by atoms with Gasteiger partial charge in [-0.05, 0) is 6.07 Å². The van der Waals surface area contributed by atoms with Gasteiger partial charge in [0.15, 0.2) is 5.78 Å². The van der Waals surface area contributed by atoms with E-state index in [2.05, 4.69) is 15.9 Å². The molecule has 1 aromatic rings. The van der Waals surface area contributed by atoms with Gasteiger partial charge in [0, 0.05) is 5.56 Å². The average Bonchev–Trinajstić information content (AvgIpc) is 2.14. The van der Waals surface area contributed by atoms with Crippen molar-refractivity contribution in [3.05, 3.63) is 29.3 Å². The molecule has 82 valence electrons. The lowest BCUT2D eigenvalue weighted by atomic mass is 10.0. The molecule has 0 aliphatic heterocycles. The normalized spacial score (nSPS) is 11.5. The highest BCUT2D eigenvalue weighted by atomic mass is 79.9. The lowest BCUT2D eigenvalue weighted by Gasteiger charge is -2.12. The maximum absolute atomic E-state index is 12.5. The summed E-state index contributed by atoms with van der Waals surface area (Å²) in [5.74, 6) is -1.66. The van der Waals surface area contributed by atoms with E-state index >= 15 is 0 Å². The number of benzene rings is 1. The first kappa shape index (κ1) is 12.0. The van der Waals surface area contributed by atoms with Gasteiger partial charge < -0.3 is 5.11 Å². The zero-order valence-electron chi connectivity index (χ0n) is 7.31. The topological polar surface area (TPSA) is 37.3 Å². The Kier molecular flexibility index (Phi) is 3.38. The van der Waals surface area contributed by atoms with Crippen molar-refractivity contribution in [2.24, 2.45) is 0 Å². The fourth-order valence-electron chi connectivity index (χ4n) is 1.14. The van der Waals surface area contributed by atoms with Crippen molar-refractivity contribution in [1.82, 2.24) is 0 Å². The van der Waals surface area contributed by atoms with Gasteiger partial charge in [-0.15, -0.1) is 0 Å². The summed E-state index contributed by atoms with van der Waals surface area (Å²) in [6.07, 6.45) is -4.74. The quantitative estimate of drug-likeness (QED) is 0.669. The van der Waals surface area contributed by atoms with Crippen molar-refractivity contribution < 1.29 is 23.1 Å². The third kappa shape index (κ3) is 2.50. The molecule has 1 N–H and O–H groups in total. The van der Waals surface area contributed by atoms with E-state index in [1.54, 1.807) is 0 Å². The minimum absolute atomic E-state index is 0.223. The minimum Gasteiger partial charge on any atom is -0.507 e. The van der Waals surface area contributed by atoms with Crippen LogP contribution in [-0.4, -0.2) is 16.2 Å². The fourth-order valence-corrected chi connectivity index (χ4v) is 1.44. The van der Waals surface area contributed by atoms with Gasteiger partial charge in [-0.25, -0.2) is 0 Å². The van der Waals surface area contributed by atoms with Gasteiger partial charge in [-0.3, -0.25) is 4.79 Å². The molecule has 0 aromatic heterocycles. The van der Waals surface area contributed by atoms with E-state index in [1.165, 1.54) is 6.07 Å². The average molecular weight is 283 g/mol. The molecule has 0 heterocycles. The summed E-state index contributed by atoms with van der Waals surface area (Å²) in [4.78, 5) is 11.2. The number of alkyl halides is 4. The lowest BCUT2D eigenvalue weighted by Crippen LogP contribution is -2.14. The van der Waals surface area contributed by atoms with Gasteiger partial charge in [0.05, 0.1) is 5.33 Å². The first-order valence-electron chi connectivity index (χ1n) is 3.86. The van der Waals surface area contributed by atoms with Crippen LogP contribution in [0.3, 0.4) is 0 Å². The van der Waals surface area contributed by atoms with Crippen LogP contribution in [0.2, 0.25) is 0 Å². The molecule has 15 heavy (non-hydrogen) atoms. The van der Waals surface area contributed by atoms with Gasteiger partial charge in [-0.2, -0.15) is 13.2 Å². The third-order valence-corrected chi connectivity index (χ3v) is 2.26. The van der Waals surface area contributed by atoms with Crippen molar-refractivity contribution in [1.29, 1.82) is 0 Å². The van der Waals surface area contributed by atoms with Gasteiger partial charge in [0.25, 0.3) is 0 Å². The van der Waals surface area contributed by atoms with Crippen molar-refractivity contribution >= 4 is 21.7 Å². The van der Waals surface area contributed by atoms with Crippen LogP contribution >= 0.6 is 15.9 Å². The van der Waals surface area contributed by atoms with Crippen LogP contribution < -0.4 is 0 Å². The Labute approximate surface area is 91.8 Å². The Bertz CT molecular complexity index is 387. The lowest BCUT2D eigenvalue weighted by molar-refractivity contribution is -0.139. The summed E-state index contributed by atoms with van der Waals surface area (Å²) in [5, 5.41) is 8.86. The molecule has 0 unspecified atom stereocenters. The maximum atomic E-state index is 12.5. The highest BCUT2D eigenvalue weighted by Crippen LogP contribution is 2.38. The summed E-state index contributed by atoms with van der Waals surface area (Å²) in [6.45, 7) is 0. The highest BCUT2D eigenvalue weighted by molar-refractivity contribution is 9.09. The van der Waals surface area contributed by atoms with E-state index in [0.29, 0.717) is 0 Å². The van der Waals surface area contributed by atoms with Crippen LogP contribution in [0, 0.1) is 0 Å². The second-order valence-corrected chi connectivity index (χ2v) is 3.31. The van der Waals surface area contributed by atoms with Crippen LogP contribution in [0.4, 0.5) is 13.2 Å². The van der Waals surface area contributed by atoms with Gasteiger partial charge in [0.2, 0.25) is 0 Å². The molecular formula is C9H6BrF3O2. The third-order valence-electron chi connectivity index (χ3n) is 1.75. The summed E-state index contributed by atoms with van der Waals surface area (Å²) < 4.78 is 37.4. The first-order chi connectivity index (χ1) is 6.88. The predicted octanol–water partition coefficient (Wildman–Crippen LogP) is 2.99. The number of hydrogen-bond acceptors (Lipinski definition) is 2. The Hall–Kier alpha value is -1.04. The molecule has 0 amide bonds. The van der Waals surface area contributed by atoms with Gasteiger partial charge >= 0.3 is 6.18 Å². The zero-order chi connectivity index (χ0) is 11.6. The van der Waals surface area contributed by atoms with Crippen molar-refractivity contribution in [3.63, 3.8) is 0 Å². The van der Waals surface area contributed by atoms with E-state index in [4.69, 9.17) is 5.11 Å². The number of carbonyl (C=O) groups is 1. The molecule has 0 radical (unpaired) electrons. The molecule has 0 aliphatic rings. The number of Topliss-reactive ketones (excluding diaryl/α,β-unsaturated/α-hetero) is 1. The fraction of sp³-hybridized carbons (Fsp3) is 0.222. The summed E-state index contributed by atoms with van der Waals surface area (Å²) in [5.41, 5.74) is -1.81. The van der Waals surface area contributed by atoms with Gasteiger partial charge in [0.1, 0.15) is 11.3 Å². The smallest absolute Gasteiger partial charge is 0.420 e. The largest absolute Gasteiger partial charge is 0.507 e. The molecule has 0 saturated carbocycles. The monoisotopic (exact) mass is 282 g/mol. The van der Waals surface area contributed by atoms with E-state index in [0.717, 1.165) is 12.1 Å². The maximum Gasteiger partial charge on any atom is 0.420 e. The number of phenols is 1. The molecule has 0 atom stereocenters.